The van der Waals surface area contributed by atoms with Crippen molar-refractivity contribution in [2.75, 3.05) is 31.1 Å². The van der Waals surface area contributed by atoms with Gasteiger partial charge in [0, 0.05) is 31.4 Å². The molecule has 1 aromatic carbocycles. The number of nitrogens with one attached hydrogen (secondary N) is 1. The van der Waals surface area contributed by atoms with Crippen molar-refractivity contribution in [2.45, 2.75) is 25.3 Å². The number of anilines is 1. The van der Waals surface area contributed by atoms with Gasteiger partial charge in [0.25, 0.3) is 5.91 Å². The highest BCUT2D eigenvalue weighted by Crippen LogP contribution is 2.28. The van der Waals surface area contributed by atoms with Gasteiger partial charge in [-0.15, -0.1) is 0 Å². The van der Waals surface area contributed by atoms with Crippen LogP contribution < -0.4 is 10.2 Å². The molecule has 3 amide bonds. The third-order valence-electron chi connectivity index (χ3n) is 4.47. The summed E-state index contributed by atoms with van der Waals surface area (Å²) < 4.78 is 14.2. The molecule has 1 saturated heterocycles. The second kappa shape index (κ2) is 6.54. The van der Waals surface area contributed by atoms with Gasteiger partial charge in [-0.2, -0.15) is 0 Å². The largest absolute Gasteiger partial charge is 0.395 e. The van der Waals surface area contributed by atoms with E-state index in [1.807, 2.05) is 0 Å². The van der Waals surface area contributed by atoms with E-state index in [4.69, 9.17) is 0 Å². The van der Waals surface area contributed by atoms with E-state index >= 15 is 0 Å². The minimum atomic E-state index is -0.611. The SMILES string of the molecule is O=C1NCCN1c1ccc(F)c(C(=O)N(CCO)C2CCC2)c1. The fourth-order valence-corrected chi connectivity index (χ4v) is 2.97. The summed E-state index contributed by atoms with van der Waals surface area (Å²) in [5.74, 6) is -1.04. The predicted molar refractivity (Wildman–Crippen MR) is 82.9 cm³/mol. The molecule has 0 spiro atoms. The quantitative estimate of drug-likeness (QED) is 0.860. The van der Waals surface area contributed by atoms with Crippen LogP contribution in [0.5, 0.6) is 0 Å². The van der Waals surface area contributed by atoms with E-state index in [-0.39, 0.29) is 30.8 Å². The molecule has 3 rings (SSSR count). The molecule has 1 aromatic rings. The van der Waals surface area contributed by atoms with Crippen LogP contribution in [-0.4, -0.2) is 54.2 Å². The molecule has 2 aliphatic rings. The summed E-state index contributed by atoms with van der Waals surface area (Å²) in [6, 6.07) is 3.95. The summed E-state index contributed by atoms with van der Waals surface area (Å²) in [5.41, 5.74) is 0.449. The number of hydrogen-bond acceptors (Lipinski definition) is 3. The highest BCUT2D eigenvalue weighted by Gasteiger charge is 2.31. The fraction of sp³-hybridized carbons (Fsp3) is 0.500. The lowest BCUT2D eigenvalue weighted by Gasteiger charge is -2.37. The zero-order valence-electron chi connectivity index (χ0n) is 12.8. The molecule has 6 nitrogen and oxygen atoms in total. The van der Waals surface area contributed by atoms with Crippen molar-refractivity contribution < 1.29 is 19.1 Å². The predicted octanol–water partition coefficient (Wildman–Crippen LogP) is 1.34. The molecule has 0 radical (unpaired) electrons. The summed E-state index contributed by atoms with van der Waals surface area (Å²) in [4.78, 5) is 27.4. The van der Waals surface area contributed by atoms with E-state index in [2.05, 4.69) is 5.32 Å². The van der Waals surface area contributed by atoms with Crippen LogP contribution in [0.1, 0.15) is 29.6 Å². The summed E-state index contributed by atoms with van der Waals surface area (Å²) in [7, 11) is 0. The standard InChI is InChI=1S/C16H20FN3O3/c17-14-5-4-12(20-7-6-18-16(20)23)10-13(14)15(22)19(8-9-21)11-2-1-3-11/h4-5,10-11,21H,1-3,6-9H2,(H,18,23). The van der Waals surface area contributed by atoms with Gasteiger partial charge in [-0.05, 0) is 37.5 Å². The van der Waals surface area contributed by atoms with E-state index in [0.717, 1.165) is 19.3 Å². The number of urea groups is 1. The van der Waals surface area contributed by atoms with Gasteiger partial charge in [-0.3, -0.25) is 9.69 Å². The number of carbonyl (C=O) groups is 2. The molecule has 1 aliphatic carbocycles. The summed E-state index contributed by atoms with van der Waals surface area (Å²) in [5, 5.41) is 11.9. The zero-order valence-corrected chi connectivity index (χ0v) is 12.8. The van der Waals surface area contributed by atoms with E-state index < -0.39 is 11.7 Å². The van der Waals surface area contributed by atoms with Crippen molar-refractivity contribution in [1.82, 2.24) is 10.2 Å². The molecule has 0 atom stereocenters. The third-order valence-corrected chi connectivity index (χ3v) is 4.47. The van der Waals surface area contributed by atoms with Gasteiger partial charge in [-0.1, -0.05) is 0 Å². The van der Waals surface area contributed by atoms with Crippen molar-refractivity contribution in [2.24, 2.45) is 0 Å². The van der Waals surface area contributed by atoms with Crippen LogP contribution >= 0.6 is 0 Å². The molecule has 1 saturated carbocycles. The van der Waals surface area contributed by atoms with Gasteiger partial charge in [0.15, 0.2) is 0 Å². The summed E-state index contributed by atoms with van der Waals surface area (Å²) >= 11 is 0. The highest BCUT2D eigenvalue weighted by molar-refractivity contribution is 5.98. The molecular formula is C16H20FN3O3. The lowest BCUT2D eigenvalue weighted by Crippen LogP contribution is -2.46. The summed E-state index contributed by atoms with van der Waals surface area (Å²) in [6.07, 6.45) is 2.79. The number of carbonyl (C=O) groups excluding carboxylic acids is 2. The molecule has 7 heteroatoms. The zero-order chi connectivity index (χ0) is 16.4. The second-order valence-electron chi connectivity index (χ2n) is 5.85. The number of halogens is 1. The minimum absolute atomic E-state index is 0.0532. The van der Waals surface area contributed by atoms with Gasteiger partial charge < -0.3 is 15.3 Å². The maximum absolute atomic E-state index is 14.2. The number of rotatable bonds is 5. The van der Waals surface area contributed by atoms with Crippen molar-refractivity contribution in [1.29, 1.82) is 0 Å². The molecule has 0 aromatic heterocycles. The van der Waals surface area contributed by atoms with Crippen LogP contribution in [0.4, 0.5) is 14.9 Å². The first kappa shape index (κ1) is 15.7. The first-order valence-corrected chi connectivity index (χ1v) is 7.88. The Bertz CT molecular complexity index is 619. The molecule has 0 unspecified atom stereocenters. The van der Waals surface area contributed by atoms with Crippen molar-refractivity contribution in [3.8, 4) is 0 Å². The highest BCUT2D eigenvalue weighted by atomic mass is 19.1. The van der Waals surface area contributed by atoms with Crippen LogP contribution in [0.25, 0.3) is 0 Å². The first-order chi connectivity index (χ1) is 11.1. The normalized spacial score (nSPS) is 17.8. The maximum atomic E-state index is 14.2. The summed E-state index contributed by atoms with van der Waals surface area (Å²) in [6.45, 7) is 1.05. The van der Waals surface area contributed by atoms with Crippen LogP contribution in [0.3, 0.4) is 0 Å². The Morgan fingerprint density at radius 1 is 1.43 bits per heavy atom. The molecule has 1 heterocycles. The number of benzene rings is 1. The number of hydrogen-bond donors (Lipinski definition) is 2. The number of aliphatic hydroxyl groups is 1. The fourth-order valence-electron chi connectivity index (χ4n) is 2.97. The monoisotopic (exact) mass is 321 g/mol. The lowest BCUT2D eigenvalue weighted by atomic mass is 9.91. The van der Waals surface area contributed by atoms with Gasteiger partial charge >= 0.3 is 6.03 Å². The van der Waals surface area contributed by atoms with Gasteiger partial charge in [0.1, 0.15) is 5.82 Å². The van der Waals surface area contributed by atoms with E-state index in [1.165, 1.54) is 28.0 Å². The Kier molecular flexibility index (Phi) is 4.47. The average Bonchev–Trinajstić information content (AvgIpc) is 2.91. The Morgan fingerprint density at radius 2 is 2.22 bits per heavy atom. The average molecular weight is 321 g/mol. The number of amides is 3. The molecule has 2 fully saturated rings. The van der Waals surface area contributed by atoms with Crippen LogP contribution in [0.15, 0.2) is 18.2 Å². The second-order valence-corrected chi connectivity index (χ2v) is 5.85. The van der Waals surface area contributed by atoms with E-state index in [1.54, 1.807) is 0 Å². The number of nitrogens with zero attached hydrogens (tertiary/aromatic N) is 2. The maximum Gasteiger partial charge on any atom is 0.321 e. The third kappa shape index (κ3) is 3.01. The van der Waals surface area contributed by atoms with Crippen molar-refractivity contribution in [3.05, 3.63) is 29.6 Å². The van der Waals surface area contributed by atoms with E-state index in [9.17, 15) is 19.1 Å². The Balaban J connectivity index is 1.87. The Labute approximate surface area is 133 Å². The Morgan fingerprint density at radius 3 is 2.78 bits per heavy atom. The minimum Gasteiger partial charge on any atom is -0.395 e. The smallest absolute Gasteiger partial charge is 0.321 e. The molecule has 0 bridgehead atoms. The topological polar surface area (TPSA) is 72.9 Å². The molecular weight excluding hydrogens is 301 g/mol. The molecule has 23 heavy (non-hydrogen) atoms. The molecule has 1 aliphatic heterocycles. The van der Waals surface area contributed by atoms with Crippen LogP contribution in [0, 0.1) is 5.82 Å². The van der Waals surface area contributed by atoms with E-state index in [0.29, 0.717) is 18.8 Å². The van der Waals surface area contributed by atoms with Crippen LogP contribution in [0.2, 0.25) is 0 Å². The molecule has 2 N–H and O–H groups in total. The lowest BCUT2D eigenvalue weighted by molar-refractivity contribution is 0.0521. The van der Waals surface area contributed by atoms with Gasteiger partial charge in [-0.25, -0.2) is 9.18 Å². The van der Waals surface area contributed by atoms with Gasteiger partial charge in [0.2, 0.25) is 0 Å². The molecule has 124 valence electrons. The first-order valence-electron chi connectivity index (χ1n) is 7.88. The van der Waals surface area contributed by atoms with Crippen molar-refractivity contribution >= 4 is 17.6 Å². The van der Waals surface area contributed by atoms with Gasteiger partial charge in [0.05, 0.1) is 12.2 Å². The number of aliphatic hydroxyl groups excluding tert-OH is 1. The van der Waals surface area contributed by atoms with Crippen molar-refractivity contribution in [3.63, 3.8) is 0 Å². The van der Waals surface area contributed by atoms with Crippen LogP contribution in [-0.2, 0) is 0 Å². The Hall–Kier alpha value is -2.15.